The van der Waals surface area contributed by atoms with Crippen LogP contribution in [0.15, 0.2) is 293 Å². The number of rotatable bonds is 21. The number of carbonyl (C=O) groups excluding carboxylic acids is 3. The molecule has 678 valence electrons. The lowest BCUT2D eigenvalue weighted by atomic mass is 10.0. The number of hydrogen-bond donors (Lipinski definition) is 4. The molecule has 0 bridgehead atoms. The third-order valence-corrected chi connectivity index (χ3v) is 22.0. The van der Waals surface area contributed by atoms with E-state index in [0.29, 0.717) is 107 Å². The SMILES string of the molecule is CCOC(=O)c1cc(-c2ccnn2-c2ccc(C#N)cc2)c(C)n(-c2cccc(C(F)(F)F)c2)c1=O.Cc1cccc(-n2c(C)c(-c3ccnn3-c3ccc(C#N)cc3)cc(C(=O)O)c2=O)c1.[C-]#[N+]c1ccc(-n2nccc2-c2cc(C(=O)NCC(O)CNC(=O)c3cc(-[n+]4cccn4-c4ccc(C#N)cc4)c(C)n(-c4cccc(C)c4)c3=O)c(=O)n(-c3cccc(C(F)(F)F)c3)c2C)cc1. The van der Waals surface area contributed by atoms with Crippen molar-refractivity contribution in [1.82, 2.24) is 62.9 Å². The molecule has 16 aromatic rings. The van der Waals surface area contributed by atoms with Gasteiger partial charge in [-0.1, -0.05) is 53.2 Å². The minimum absolute atomic E-state index is 0.00815. The Labute approximate surface area is 769 Å². The van der Waals surface area contributed by atoms with Crippen LogP contribution in [0.4, 0.5) is 32.0 Å². The molecule has 136 heavy (non-hydrogen) atoms. The molecule has 0 saturated heterocycles. The van der Waals surface area contributed by atoms with Crippen LogP contribution in [0.2, 0.25) is 0 Å². The first-order valence-electron chi connectivity index (χ1n) is 41.6. The second kappa shape index (κ2) is 39.6. The number of aryl methyl sites for hydroxylation is 2. The number of aromatic carboxylic acids is 1. The van der Waals surface area contributed by atoms with E-state index in [9.17, 15) is 80.2 Å². The minimum atomic E-state index is -4.75. The molecule has 4 N–H and O–H groups in total. The molecular formula is C101H77F6N18O11+. The number of carbonyl (C=O) groups is 4. The van der Waals surface area contributed by atoms with Gasteiger partial charge in [0, 0.05) is 81.7 Å². The second-order valence-corrected chi connectivity index (χ2v) is 30.8. The monoisotopic (exact) mass is 1830 g/mol. The van der Waals surface area contributed by atoms with Crippen LogP contribution in [-0.2, 0) is 17.1 Å². The van der Waals surface area contributed by atoms with E-state index in [-0.39, 0.29) is 45.9 Å². The van der Waals surface area contributed by atoms with Crippen molar-refractivity contribution < 1.29 is 65.2 Å². The number of amides is 2. The number of aromatic nitrogens is 12. The number of hydrogen-bond acceptors (Lipinski definition) is 16. The zero-order valence-electron chi connectivity index (χ0n) is 73.2. The van der Waals surface area contributed by atoms with Crippen molar-refractivity contribution in [1.29, 1.82) is 15.8 Å². The molecule has 0 radical (unpaired) electrons. The number of alkyl halides is 6. The molecule has 8 aromatic carbocycles. The van der Waals surface area contributed by atoms with Crippen LogP contribution < -0.4 is 37.6 Å². The number of carboxylic acids is 1. The van der Waals surface area contributed by atoms with Crippen molar-refractivity contribution >= 4 is 29.4 Å². The van der Waals surface area contributed by atoms with Crippen molar-refractivity contribution in [2.24, 2.45) is 0 Å². The van der Waals surface area contributed by atoms with Gasteiger partial charge in [0.1, 0.15) is 27.9 Å². The third kappa shape index (κ3) is 19.6. The molecule has 16 rings (SSSR count). The van der Waals surface area contributed by atoms with E-state index in [1.807, 2.05) is 44.2 Å². The Hall–Kier alpha value is -18.2. The molecule has 1 atom stereocenters. The van der Waals surface area contributed by atoms with Gasteiger partial charge in [-0.15, -0.1) is 4.68 Å². The fourth-order valence-corrected chi connectivity index (χ4v) is 15.4. The smallest absolute Gasteiger partial charge is 0.416 e. The highest BCUT2D eigenvalue weighted by Gasteiger charge is 2.35. The molecule has 29 nitrogen and oxygen atoms in total. The van der Waals surface area contributed by atoms with Gasteiger partial charge in [0.15, 0.2) is 5.69 Å². The Kier molecular flexibility index (Phi) is 27.4. The van der Waals surface area contributed by atoms with Gasteiger partial charge >= 0.3 is 24.3 Å². The number of nitrogens with one attached hydrogen (secondary N) is 2. The van der Waals surface area contributed by atoms with E-state index in [0.717, 1.165) is 50.6 Å². The Morgan fingerprint density at radius 2 is 0.801 bits per heavy atom. The normalized spacial score (nSPS) is 11.3. The summed E-state index contributed by atoms with van der Waals surface area (Å²) in [5.41, 5.74) is 5.36. The lowest BCUT2D eigenvalue weighted by molar-refractivity contribution is -0.675. The predicted molar refractivity (Wildman–Crippen MR) is 489 cm³/mol. The summed E-state index contributed by atoms with van der Waals surface area (Å²) in [7, 11) is 0. The summed E-state index contributed by atoms with van der Waals surface area (Å²) in [6, 6.07) is 68.2. The summed E-state index contributed by atoms with van der Waals surface area (Å²) in [6.07, 6.45) is -2.72. The first kappa shape index (κ1) is 93.9. The van der Waals surface area contributed by atoms with Gasteiger partial charge < -0.3 is 25.6 Å². The number of aliphatic hydroxyl groups is 1. The van der Waals surface area contributed by atoms with E-state index in [4.69, 9.17) is 21.8 Å². The molecule has 2 amide bonds. The summed E-state index contributed by atoms with van der Waals surface area (Å²) in [4.78, 5) is 111. The van der Waals surface area contributed by atoms with Crippen LogP contribution in [-0.4, -0.2) is 112 Å². The van der Waals surface area contributed by atoms with E-state index in [1.165, 1.54) is 75.6 Å². The quantitative estimate of drug-likeness (QED) is 0.0225. The van der Waals surface area contributed by atoms with Gasteiger partial charge in [-0.05, 0) is 242 Å². The number of pyridine rings is 4. The molecule has 35 heteroatoms. The van der Waals surface area contributed by atoms with Crippen LogP contribution in [0.5, 0.6) is 0 Å². The van der Waals surface area contributed by atoms with Crippen LogP contribution in [0.3, 0.4) is 0 Å². The summed E-state index contributed by atoms with van der Waals surface area (Å²) in [6.45, 7) is 18.3. The van der Waals surface area contributed by atoms with Crippen molar-refractivity contribution in [3.05, 3.63) is 410 Å². The molecule has 0 spiro atoms. The fraction of sp³-hybridized carbons (Fsp3) is 0.129. The second-order valence-electron chi connectivity index (χ2n) is 30.8. The molecular weight excluding hydrogens is 1760 g/mol. The molecule has 0 saturated carbocycles. The molecule has 1 unspecified atom stereocenters. The van der Waals surface area contributed by atoms with Crippen LogP contribution >= 0.6 is 0 Å². The topological polar surface area (TPSA) is 368 Å². The number of halogens is 6. The van der Waals surface area contributed by atoms with Gasteiger partial charge in [0.05, 0.1) is 130 Å². The number of aliphatic hydroxyl groups excluding tert-OH is 1. The molecule has 0 aliphatic rings. The Morgan fingerprint density at radius 3 is 1.18 bits per heavy atom. The van der Waals surface area contributed by atoms with Crippen molar-refractivity contribution in [2.45, 2.75) is 66.9 Å². The summed E-state index contributed by atoms with van der Waals surface area (Å²) in [5, 5.41) is 66.4. The highest BCUT2D eigenvalue weighted by Crippen LogP contribution is 2.37. The lowest BCUT2D eigenvalue weighted by Gasteiger charge is -2.19. The fourth-order valence-electron chi connectivity index (χ4n) is 15.4. The Bertz CT molecular complexity index is 7830. The van der Waals surface area contributed by atoms with Crippen LogP contribution in [0, 0.1) is 82.1 Å². The number of nitriles is 3. The number of carboxylic acid groups (broad SMARTS) is 1. The Balaban J connectivity index is 0.000000184. The predicted octanol–water partition coefficient (Wildman–Crippen LogP) is 15.7. The van der Waals surface area contributed by atoms with Gasteiger partial charge in [0.2, 0.25) is 6.20 Å². The van der Waals surface area contributed by atoms with Crippen LogP contribution in [0.1, 0.15) is 110 Å². The van der Waals surface area contributed by atoms with E-state index in [2.05, 4.69) is 42.9 Å². The van der Waals surface area contributed by atoms with Gasteiger partial charge in [-0.3, -0.25) is 47.0 Å². The van der Waals surface area contributed by atoms with Crippen molar-refractivity contribution in [2.75, 3.05) is 19.7 Å². The van der Waals surface area contributed by atoms with Crippen molar-refractivity contribution in [3.8, 4) is 103 Å². The number of nitrogens with zero attached hydrogens (tertiary/aromatic N) is 16. The maximum absolute atomic E-state index is 14.2. The number of esters is 1. The van der Waals surface area contributed by atoms with Crippen LogP contribution in [0.25, 0.3) is 89.8 Å². The van der Waals surface area contributed by atoms with Crippen molar-refractivity contribution in [3.63, 3.8) is 0 Å². The zero-order valence-corrected chi connectivity index (χ0v) is 73.2. The molecule has 0 fully saturated rings. The van der Waals surface area contributed by atoms with Gasteiger partial charge in [-0.2, -0.15) is 57.4 Å². The molecule has 8 aromatic heterocycles. The van der Waals surface area contributed by atoms with E-state index >= 15 is 0 Å². The minimum Gasteiger partial charge on any atom is -0.477 e. The van der Waals surface area contributed by atoms with E-state index < -0.39 is 94.2 Å². The maximum atomic E-state index is 14.2. The molecule has 8 heterocycles. The maximum Gasteiger partial charge on any atom is 0.416 e. The van der Waals surface area contributed by atoms with Gasteiger partial charge in [-0.25, -0.2) is 28.5 Å². The van der Waals surface area contributed by atoms with E-state index in [1.54, 1.807) is 211 Å². The summed E-state index contributed by atoms with van der Waals surface area (Å²) >= 11 is 0. The van der Waals surface area contributed by atoms with Gasteiger partial charge in [0.25, 0.3) is 39.7 Å². The number of benzene rings is 8. The standard InChI is InChI=1S/C51H39F3N10O5.C26H19F3N4O3.C24H18N4O3/c1-31-8-5-10-39(24-31)63-33(3)46(61-23-7-22-60(61)37-16-12-34(28-55)13-17-37)27-44(50(63)69)48(67)58-30-41(65)29-57-47(66)43-26-42(45-20-21-59-64(45)38-18-14-36(56-4)15-19-38)32(2)62(49(43)68)40-11-6-9-35(25-40)51(52,53)54;1-3-36-25(35)22-14-21(23-11-12-31-33(23)19-9-7-17(15-30)8-10-19)16(2)32(24(22)34)20-6-4-5-18(13-20)26(27,28)29;1-15-4-3-5-19(12-15)27-16(2)20(13-21(23(27)29)24(30)31)22-10-11-26-28(22)18-8-6-17(14-25)7-9-18/h5-27,41,65H,29-30H2,1-3H3,(H-,57,58,66,67);4-14H,3H2,1-2H3;3-13H,1-2H3,(H,30,31)/p+1. The first-order valence-corrected chi connectivity index (χ1v) is 41.6. The number of ether oxygens (including phenoxy) is 1. The summed E-state index contributed by atoms with van der Waals surface area (Å²) in [5.74, 6) is -4.00. The Morgan fingerprint density at radius 1 is 0.449 bits per heavy atom. The summed E-state index contributed by atoms with van der Waals surface area (Å²) < 4.78 is 100. The average Bonchev–Trinajstić information content (AvgIpc) is 1.41. The highest BCUT2D eigenvalue weighted by molar-refractivity contribution is 5.96. The molecule has 0 aliphatic carbocycles. The largest absolute Gasteiger partial charge is 0.477 e. The average molecular weight is 1830 g/mol. The zero-order chi connectivity index (χ0) is 97.3. The highest BCUT2D eigenvalue weighted by atomic mass is 19.4. The third-order valence-electron chi connectivity index (χ3n) is 22.0. The lowest BCUT2D eigenvalue weighted by Crippen LogP contribution is -2.45. The first-order chi connectivity index (χ1) is 65.1. The molecule has 0 aliphatic heterocycles.